The maximum atomic E-state index is 11.6. The maximum absolute atomic E-state index is 11.6. The van der Waals surface area contributed by atoms with Gasteiger partial charge in [-0.15, -0.1) is 0 Å². The first-order valence-corrected chi connectivity index (χ1v) is 10.3. The molecule has 1 N–H and O–H groups in total. The van der Waals surface area contributed by atoms with Crippen LogP contribution in [0.3, 0.4) is 0 Å². The topological polar surface area (TPSA) is 98.3 Å². The molecule has 4 heterocycles. The van der Waals surface area contributed by atoms with Gasteiger partial charge < -0.3 is 19.3 Å². The van der Waals surface area contributed by atoms with Gasteiger partial charge in [-0.3, -0.25) is 0 Å². The smallest absolute Gasteiger partial charge is 0.326 e. The number of carbonyl (C=O) groups is 1. The molecule has 2 aliphatic heterocycles. The lowest BCUT2D eigenvalue weighted by Gasteiger charge is -2.24. The van der Waals surface area contributed by atoms with Crippen molar-refractivity contribution in [3.8, 4) is 28.7 Å². The minimum Gasteiger partial charge on any atom is -0.491 e. The highest BCUT2D eigenvalue weighted by atomic mass is 16.5. The van der Waals surface area contributed by atoms with E-state index in [4.69, 9.17) is 9.72 Å². The molecule has 30 heavy (non-hydrogen) atoms. The molecule has 3 aromatic rings. The summed E-state index contributed by atoms with van der Waals surface area (Å²) in [6, 6.07) is 5.58. The number of aromatic nitrogens is 5. The largest absolute Gasteiger partial charge is 0.491 e. The predicted octanol–water partition coefficient (Wildman–Crippen LogP) is 2.84. The Labute approximate surface area is 173 Å². The van der Waals surface area contributed by atoms with Gasteiger partial charge in [0.25, 0.3) is 0 Å². The highest BCUT2D eigenvalue weighted by Gasteiger charge is 2.31. The van der Waals surface area contributed by atoms with Crippen LogP contribution in [0.25, 0.3) is 22.9 Å². The third-order valence-corrected chi connectivity index (χ3v) is 5.73. The lowest BCUT2D eigenvalue weighted by Crippen LogP contribution is -2.35. The average Bonchev–Trinajstić information content (AvgIpc) is 3.45. The van der Waals surface area contributed by atoms with E-state index >= 15 is 0 Å². The van der Waals surface area contributed by atoms with E-state index in [2.05, 4.69) is 28.5 Å². The van der Waals surface area contributed by atoms with Crippen LogP contribution in [0.2, 0.25) is 0 Å². The van der Waals surface area contributed by atoms with E-state index in [-0.39, 0.29) is 6.04 Å². The zero-order valence-corrected chi connectivity index (χ0v) is 17.0. The Morgan fingerprint density at radius 1 is 1.27 bits per heavy atom. The minimum atomic E-state index is -0.780. The number of imidazole rings is 1. The van der Waals surface area contributed by atoms with Crippen LogP contribution in [0.4, 0.5) is 5.69 Å². The fraction of sp³-hybridized carbons (Fsp3) is 0.429. The number of anilines is 1. The van der Waals surface area contributed by atoms with Gasteiger partial charge in [0.1, 0.15) is 36.2 Å². The Morgan fingerprint density at radius 3 is 2.93 bits per heavy atom. The lowest BCUT2D eigenvalue weighted by molar-refractivity contribution is -0.138. The second kappa shape index (κ2) is 7.16. The number of carboxylic acids is 1. The number of rotatable bonds is 4. The van der Waals surface area contributed by atoms with Crippen LogP contribution in [0, 0.1) is 0 Å². The third-order valence-electron chi connectivity index (χ3n) is 5.73. The van der Waals surface area contributed by atoms with Gasteiger partial charge in [0.2, 0.25) is 0 Å². The van der Waals surface area contributed by atoms with Crippen molar-refractivity contribution >= 4 is 11.7 Å². The van der Waals surface area contributed by atoms with E-state index < -0.39 is 12.0 Å². The summed E-state index contributed by atoms with van der Waals surface area (Å²) in [6.45, 7) is 6.04. The van der Waals surface area contributed by atoms with Crippen molar-refractivity contribution in [2.75, 3.05) is 18.1 Å². The number of nitrogens with zero attached hydrogens (tertiary/aromatic N) is 6. The Balaban J connectivity index is 1.54. The van der Waals surface area contributed by atoms with Gasteiger partial charge in [0, 0.05) is 30.5 Å². The molecule has 156 valence electrons. The zero-order chi connectivity index (χ0) is 20.8. The van der Waals surface area contributed by atoms with Crippen molar-refractivity contribution in [2.45, 2.75) is 45.3 Å². The van der Waals surface area contributed by atoms with Crippen molar-refractivity contribution in [2.24, 2.45) is 0 Å². The van der Waals surface area contributed by atoms with Crippen LogP contribution in [-0.2, 0) is 11.3 Å². The SMILES string of the molecule is CC(C)n1ncnc1-c1cn2c(n1)-c1ccc(N3CCCC3C(=O)O)cc1OCC2. The first-order valence-electron chi connectivity index (χ1n) is 10.3. The second-order valence-electron chi connectivity index (χ2n) is 7.98. The molecule has 1 atom stereocenters. The number of hydrogen-bond acceptors (Lipinski definition) is 6. The molecule has 0 saturated carbocycles. The van der Waals surface area contributed by atoms with Gasteiger partial charge >= 0.3 is 5.97 Å². The molecule has 2 aromatic heterocycles. The average molecular weight is 408 g/mol. The molecule has 1 saturated heterocycles. The molecule has 5 rings (SSSR count). The molecule has 1 fully saturated rings. The Morgan fingerprint density at radius 2 is 2.13 bits per heavy atom. The highest BCUT2D eigenvalue weighted by molar-refractivity contribution is 5.80. The molecule has 0 radical (unpaired) electrons. The summed E-state index contributed by atoms with van der Waals surface area (Å²) in [6.07, 6.45) is 5.08. The van der Waals surface area contributed by atoms with Crippen LogP contribution in [0.5, 0.6) is 5.75 Å². The molecule has 0 amide bonds. The van der Waals surface area contributed by atoms with Crippen molar-refractivity contribution in [3.63, 3.8) is 0 Å². The quantitative estimate of drug-likeness (QED) is 0.709. The van der Waals surface area contributed by atoms with Gasteiger partial charge in [-0.25, -0.2) is 19.4 Å². The number of fused-ring (bicyclic) bond motifs is 3. The van der Waals surface area contributed by atoms with Gasteiger partial charge in [-0.2, -0.15) is 5.10 Å². The summed E-state index contributed by atoms with van der Waals surface area (Å²) < 4.78 is 9.95. The van der Waals surface area contributed by atoms with Gasteiger partial charge in [0.15, 0.2) is 5.82 Å². The van der Waals surface area contributed by atoms with Crippen molar-refractivity contribution in [3.05, 3.63) is 30.7 Å². The van der Waals surface area contributed by atoms with Crippen molar-refractivity contribution in [1.82, 2.24) is 24.3 Å². The molecule has 9 nitrogen and oxygen atoms in total. The number of hydrogen-bond donors (Lipinski definition) is 1. The van der Waals surface area contributed by atoms with Crippen LogP contribution in [0.15, 0.2) is 30.7 Å². The summed E-state index contributed by atoms with van der Waals surface area (Å²) >= 11 is 0. The molecular formula is C21H24N6O3. The monoisotopic (exact) mass is 408 g/mol. The summed E-state index contributed by atoms with van der Waals surface area (Å²) in [4.78, 5) is 22.8. The van der Waals surface area contributed by atoms with Gasteiger partial charge in [0.05, 0.1) is 12.1 Å². The number of benzene rings is 1. The van der Waals surface area contributed by atoms with Crippen LogP contribution in [-0.4, -0.2) is 54.6 Å². The summed E-state index contributed by atoms with van der Waals surface area (Å²) in [5.74, 6) is 1.51. The standard InChI is InChI=1S/C21H24N6O3/c1-13(2)27-20(22-12-23-27)16-11-25-8-9-30-18-10-14(5-6-15(18)19(25)24-16)26-7-3-4-17(26)21(28)29/h5-6,10-13,17H,3-4,7-9H2,1-2H3,(H,28,29). The molecule has 2 aliphatic rings. The second-order valence-corrected chi connectivity index (χ2v) is 7.98. The number of aliphatic carboxylic acids is 1. The number of carboxylic acid groups (broad SMARTS) is 1. The molecule has 0 aliphatic carbocycles. The number of ether oxygens (including phenoxy) is 1. The van der Waals surface area contributed by atoms with Crippen LogP contribution in [0.1, 0.15) is 32.7 Å². The fourth-order valence-corrected chi connectivity index (χ4v) is 4.30. The Kier molecular flexibility index (Phi) is 4.45. The maximum Gasteiger partial charge on any atom is 0.326 e. The lowest BCUT2D eigenvalue weighted by atomic mass is 10.1. The highest BCUT2D eigenvalue weighted by Crippen LogP contribution is 2.38. The molecule has 1 aromatic carbocycles. The van der Waals surface area contributed by atoms with Crippen molar-refractivity contribution < 1.29 is 14.6 Å². The summed E-state index contributed by atoms with van der Waals surface area (Å²) in [7, 11) is 0. The first-order chi connectivity index (χ1) is 14.5. The van der Waals surface area contributed by atoms with E-state index in [1.54, 1.807) is 6.33 Å². The molecule has 9 heteroatoms. The normalized spacial score (nSPS) is 18.1. The van der Waals surface area contributed by atoms with E-state index in [9.17, 15) is 9.90 Å². The summed E-state index contributed by atoms with van der Waals surface area (Å²) in [5, 5.41) is 13.8. The van der Waals surface area contributed by atoms with E-state index in [0.29, 0.717) is 19.6 Å². The van der Waals surface area contributed by atoms with E-state index in [1.807, 2.05) is 34.0 Å². The Hall–Kier alpha value is -3.36. The predicted molar refractivity (Wildman–Crippen MR) is 111 cm³/mol. The molecule has 0 bridgehead atoms. The van der Waals surface area contributed by atoms with E-state index in [1.165, 1.54) is 0 Å². The first kappa shape index (κ1) is 18.7. The fourth-order valence-electron chi connectivity index (χ4n) is 4.30. The van der Waals surface area contributed by atoms with Crippen LogP contribution >= 0.6 is 0 Å². The molecular weight excluding hydrogens is 384 g/mol. The van der Waals surface area contributed by atoms with Crippen LogP contribution < -0.4 is 9.64 Å². The third kappa shape index (κ3) is 3.01. The van der Waals surface area contributed by atoms with Gasteiger partial charge in [-0.05, 0) is 38.8 Å². The minimum absolute atomic E-state index is 0.185. The van der Waals surface area contributed by atoms with Gasteiger partial charge in [-0.1, -0.05) is 0 Å². The van der Waals surface area contributed by atoms with E-state index in [0.717, 1.165) is 47.3 Å². The Bertz CT molecular complexity index is 1100. The zero-order valence-electron chi connectivity index (χ0n) is 17.0. The molecule has 1 unspecified atom stereocenters. The summed E-state index contributed by atoms with van der Waals surface area (Å²) in [5.41, 5.74) is 2.54. The molecule has 0 spiro atoms. The van der Waals surface area contributed by atoms with Crippen molar-refractivity contribution in [1.29, 1.82) is 0 Å².